The number of rotatable bonds is 7. The van der Waals surface area contributed by atoms with Crippen molar-refractivity contribution in [2.75, 3.05) is 85.7 Å². The summed E-state index contributed by atoms with van der Waals surface area (Å²) >= 11 is 0. The molecule has 32 heavy (non-hydrogen) atoms. The molecule has 1 aromatic heterocycles. The van der Waals surface area contributed by atoms with Crippen LogP contribution in [0.5, 0.6) is 0 Å². The first-order chi connectivity index (χ1) is 15.6. The van der Waals surface area contributed by atoms with Crippen molar-refractivity contribution < 1.29 is 19.0 Å². The van der Waals surface area contributed by atoms with Gasteiger partial charge in [-0.15, -0.1) is 0 Å². The van der Waals surface area contributed by atoms with Gasteiger partial charge in [0.2, 0.25) is 11.8 Å². The molecule has 9 nitrogen and oxygen atoms in total. The van der Waals surface area contributed by atoms with Crippen LogP contribution in [-0.4, -0.2) is 86.5 Å². The average Bonchev–Trinajstić information content (AvgIpc) is 2.84. The van der Waals surface area contributed by atoms with Crippen LogP contribution in [0.15, 0.2) is 24.3 Å². The van der Waals surface area contributed by atoms with E-state index in [0.29, 0.717) is 64.0 Å². The summed E-state index contributed by atoms with van der Waals surface area (Å²) in [5.74, 6) is 0.455. The molecule has 2 N–H and O–H groups in total. The second-order valence-electron chi connectivity index (χ2n) is 7.84. The Kier molecular flexibility index (Phi) is 7.01. The van der Waals surface area contributed by atoms with Crippen molar-refractivity contribution in [3.05, 3.63) is 35.6 Å². The van der Waals surface area contributed by atoms with Crippen LogP contribution in [0.25, 0.3) is 0 Å². The van der Waals surface area contributed by atoms with Gasteiger partial charge in [0.25, 0.3) is 0 Å². The maximum atomic E-state index is 15.5. The molecular weight excluding hydrogens is 415 g/mol. The van der Waals surface area contributed by atoms with E-state index < -0.39 is 5.82 Å². The van der Waals surface area contributed by atoms with Gasteiger partial charge in [0, 0.05) is 57.1 Å². The topological polar surface area (TPSA) is 94.1 Å². The number of morpholine rings is 1. The van der Waals surface area contributed by atoms with E-state index in [2.05, 4.69) is 20.2 Å². The molecule has 0 bridgehead atoms. The highest BCUT2D eigenvalue weighted by Crippen LogP contribution is 2.29. The first kappa shape index (κ1) is 22.2. The fraction of sp³-hybridized carbons (Fsp3) is 0.500. The first-order valence-electron chi connectivity index (χ1n) is 10.9. The molecule has 10 heteroatoms. The third-order valence-electron chi connectivity index (χ3n) is 5.74. The highest BCUT2D eigenvalue weighted by molar-refractivity contribution is 5.94. The first-order valence-corrected chi connectivity index (χ1v) is 10.9. The molecule has 0 saturated carbocycles. The molecule has 2 aliphatic heterocycles. The van der Waals surface area contributed by atoms with E-state index in [4.69, 9.17) is 9.84 Å². The summed E-state index contributed by atoms with van der Waals surface area (Å²) in [6, 6.07) is 7.57. The van der Waals surface area contributed by atoms with Crippen LogP contribution in [0, 0.1) is 5.82 Å². The highest BCUT2D eigenvalue weighted by atomic mass is 19.1. The number of aromatic nitrogens is 2. The maximum absolute atomic E-state index is 15.5. The maximum Gasteiger partial charge on any atom is 0.226 e. The molecule has 4 rings (SSSR count). The number of aliphatic hydroxyl groups is 1. The van der Waals surface area contributed by atoms with Crippen molar-refractivity contribution in [2.24, 2.45) is 0 Å². The fourth-order valence-electron chi connectivity index (χ4n) is 3.95. The van der Waals surface area contributed by atoms with E-state index in [1.54, 1.807) is 6.92 Å². The van der Waals surface area contributed by atoms with Crippen molar-refractivity contribution in [1.29, 1.82) is 0 Å². The van der Waals surface area contributed by atoms with E-state index in [-0.39, 0.29) is 30.6 Å². The van der Waals surface area contributed by atoms with Crippen LogP contribution in [0.2, 0.25) is 0 Å². The number of ether oxygens (including phenoxy) is 1. The van der Waals surface area contributed by atoms with Crippen LogP contribution >= 0.6 is 0 Å². The lowest BCUT2D eigenvalue weighted by molar-refractivity contribution is 0.101. The Morgan fingerprint density at radius 2 is 1.56 bits per heavy atom. The molecule has 0 spiro atoms. The van der Waals surface area contributed by atoms with Gasteiger partial charge in [-0.1, -0.05) is 0 Å². The van der Waals surface area contributed by atoms with Gasteiger partial charge in [-0.05, 0) is 31.2 Å². The summed E-state index contributed by atoms with van der Waals surface area (Å²) in [7, 11) is 0. The van der Waals surface area contributed by atoms with Crippen LogP contribution in [0.3, 0.4) is 0 Å². The number of halogens is 1. The van der Waals surface area contributed by atoms with E-state index in [0.717, 1.165) is 5.69 Å². The molecule has 0 amide bonds. The summed E-state index contributed by atoms with van der Waals surface area (Å²) in [4.78, 5) is 26.3. The summed E-state index contributed by atoms with van der Waals surface area (Å²) < 4.78 is 20.9. The van der Waals surface area contributed by atoms with Crippen LogP contribution in [0.1, 0.15) is 17.3 Å². The summed E-state index contributed by atoms with van der Waals surface area (Å²) in [5.41, 5.74) is 1.73. The number of ketones is 1. The minimum atomic E-state index is -0.430. The zero-order valence-electron chi connectivity index (χ0n) is 18.3. The second kappa shape index (κ2) is 10.1. The average molecular weight is 445 g/mol. The second-order valence-corrected chi connectivity index (χ2v) is 7.84. The molecule has 2 aliphatic rings. The van der Waals surface area contributed by atoms with Crippen LogP contribution in [0.4, 0.5) is 27.7 Å². The van der Waals surface area contributed by atoms with Crippen LogP contribution < -0.4 is 20.0 Å². The third-order valence-corrected chi connectivity index (χ3v) is 5.74. The zero-order chi connectivity index (χ0) is 22.5. The number of hydrogen-bond acceptors (Lipinski definition) is 9. The lowest BCUT2D eigenvalue weighted by Gasteiger charge is -2.37. The van der Waals surface area contributed by atoms with Gasteiger partial charge >= 0.3 is 0 Å². The molecule has 172 valence electrons. The minimum absolute atomic E-state index is 0.0438. The van der Waals surface area contributed by atoms with Gasteiger partial charge < -0.3 is 29.9 Å². The number of benzene rings is 1. The molecule has 0 unspecified atom stereocenters. The lowest BCUT2D eigenvalue weighted by atomic mass is 10.1. The number of carbonyl (C=O) groups is 1. The molecule has 0 atom stereocenters. The quantitative estimate of drug-likeness (QED) is 0.615. The van der Waals surface area contributed by atoms with Crippen molar-refractivity contribution in [2.45, 2.75) is 6.92 Å². The molecular formula is C22H29FN6O3. The Bertz CT molecular complexity index is 928. The van der Waals surface area contributed by atoms with E-state index >= 15 is 4.39 Å². The van der Waals surface area contributed by atoms with Crippen molar-refractivity contribution in [3.63, 3.8) is 0 Å². The predicted octanol–water partition coefficient (Wildman–Crippen LogP) is 1.39. The number of anilines is 4. The van der Waals surface area contributed by atoms with Gasteiger partial charge in [-0.25, -0.2) is 0 Å². The Labute approximate surface area is 186 Å². The van der Waals surface area contributed by atoms with Crippen molar-refractivity contribution >= 4 is 29.1 Å². The number of nitrogens with zero attached hydrogens (tertiary/aromatic N) is 5. The monoisotopic (exact) mass is 444 g/mol. The normalized spacial score (nSPS) is 16.9. The fourth-order valence-corrected chi connectivity index (χ4v) is 3.95. The summed E-state index contributed by atoms with van der Waals surface area (Å²) in [6.07, 6.45) is 0. The number of Topliss-reactive ketones (excluding diaryl/α,β-unsaturated/α-hetero) is 1. The molecule has 1 aromatic carbocycles. The number of hydrogen-bond donors (Lipinski definition) is 2. The van der Waals surface area contributed by atoms with Crippen molar-refractivity contribution in [3.8, 4) is 0 Å². The Hall–Kier alpha value is -2.98. The Morgan fingerprint density at radius 1 is 1.00 bits per heavy atom. The van der Waals surface area contributed by atoms with Crippen molar-refractivity contribution in [1.82, 2.24) is 9.97 Å². The number of nitrogens with one attached hydrogen (secondary N) is 1. The van der Waals surface area contributed by atoms with Gasteiger partial charge in [0.1, 0.15) is 0 Å². The number of carbonyl (C=O) groups excluding carboxylic acids is 1. The third kappa shape index (κ3) is 4.91. The minimum Gasteiger partial charge on any atom is -0.395 e. The molecule has 2 aromatic rings. The number of aliphatic hydroxyl groups excluding tert-OH is 1. The molecule has 2 fully saturated rings. The highest BCUT2D eigenvalue weighted by Gasteiger charge is 2.27. The molecule has 0 radical (unpaired) electrons. The zero-order valence-corrected chi connectivity index (χ0v) is 18.3. The predicted molar refractivity (Wildman–Crippen MR) is 121 cm³/mol. The lowest BCUT2D eigenvalue weighted by Crippen LogP contribution is -2.47. The van der Waals surface area contributed by atoms with Gasteiger partial charge in [-0.2, -0.15) is 14.4 Å². The Morgan fingerprint density at radius 3 is 2.12 bits per heavy atom. The smallest absolute Gasteiger partial charge is 0.226 e. The standard InChI is InChI=1S/C22H29FN6O3/c1-16(31)17-2-4-18(5-3-17)27-7-9-28(10-8-27)20-19(23)21(29-11-14-32-15-12-29)26-22(25-20)24-6-13-30/h2-5,30H,6-15H2,1H3,(H,24,25,26). The molecule has 3 heterocycles. The van der Waals surface area contributed by atoms with E-state index in [9.17, 15) is 4.79 Å². The van der Waals surface area contributed by atoms with E-state index in [1.807, 2.05) is 34.1 Å². The van der Waals surface area contributed by atoms with E-state index in [1.165, 1.54) is 0 Å². The largest absolute Gasteiger partial charge is 0.395 e. The van der Waals surface area contributed by atoms with Gasteiger partial charge in [0.05, 0.1) is 19.8 Å². The SMILES string of the molecule is CC(=O)c1ccc(N2CCN(c3nc(NCCO)nc(N4CCOCC4)c3F)CC2)cc1. The molecule has 0 aliphatic carbocycles. The molecule has 2 saturated heterocycles. The van der Waals surface area contributed by atoms with Gasteiger partial charge in [0.15, 0.2) is 17.4 Å². The summed E-state index contributed by atoms with van der Waals surface area (Å²) in [5, 5.41) is 12.1. The Balaban J connectivity index is 1.51. The van der Waals surface area contributed by atoms with Crippen LogP contribution in [-0.2, 0) is 4.74 Å². The van der Waals surface area contributed by atoms with Gasteiger partial charge in [-0.3, -0.25) is 4.79 Å². The number of piperazine rings is 1. The summed E-state index contributed by atoms with van der Waals surface area (Å²) in [6.45, 7) is 6.58.